The minimum Gasteiger partial charge on any atom is -0.398 e. The Kier molecular flexibility index (Phi) is 5.54. The zero-order valence-corrected chi connectivity index (χ0v) is 11.3. The first-order chi connectivity index (χ1) is 8.46. The van der Waals surface area contributed by atoms with Crippen LogP contribution in [0.3, 0.4) is 0 Å². The van der Waals surface area contributed by atoms with Gasteiger partial charge < -0.3 is 10.5 Å². The van der Waals surface area contributed by atoms with Crippen molar-refractivity contribution < 1.29 is 13.2 Å². The highest BCUT2D eigenvalue weighted by molar-refractivity contribution is 7.87. The van der Waals surface area contributed by atoms with Gasteiger partial charge in [0, 0.05) is 25.4 Å². The Hall–Kier alpha value is -1.15. The van der Waals surface area contributed by atoms with Gasteiger partial charge in [-0.2, -0.15) is 17.9 Å². The summed E-state index contributed by atoms with van der Waals surface area (Å²) in [5.41, 5.74) is 7.09. The monoisotopic (exact) mass is 273 g/mol. The van der Waals surface area contributed by atoms with Gasteiger partial charge in [-0.3, -0.25) is 0 Å². The van der Waals surface area contributed by atoms with Crippen LogP contribution in [-0.4, -0.2) is 28.7 Å². The summed E-state index contributed by atoms with van der Waals surface area (Å²) in [6.07, 6.45) is 0. The fraction of sp³-hybridized carbons (Fsp3) is 0.455. The van der Waals surface area contributed by atoms with E-state index in [2.05, 4.69) is 9.44 Å². The van der Waals surface area contributed by atoms with Crippen molar-refractivity contribution in [3.63, 3.8) is 0 Å². The van der Waals surface area contributed by atoms with E-state index in [4.69, 9.17) is 10.5 Å². The zero-order valence-electron chi connectivity index (χ0n) is 10.5. The lowest BCUT2D eigenvalue weighted by Crippen LogP contribution is -2.39. The van der Waals surface area contributed by atoms with E-state index in [1.807, 2.05) is 6.07 Å². The number of methoxy groups -OCH3 is 1. The fourth-order valence-electron chi connectivity index (χ4n) is 1.52. The van der Waals surface area contributed by atoms with Crippen molar-refractivity contribution in [2.24, 2.45) is 0 Å². The summed E-state index contributed by atoms with van der Waals surface area (Å²) in [7, 11) is -2.04. The van der Waals surface area contributed by atoms with Crippen molar-refractivity contribution in [2.75, 3.05) is 26.0 Å². The first-order valence-electron chi connectivity index (χ1n) is 5.56. The fourth-order valence-corrected chi connectivity index (χ4v) is 2.55. The summed E-state index contributed by atoms with van der Waals surface area (Å²) < 4.78 is 33.0. The van der Waals surface area contributed by atoms with Crippen LogP contribution < -0.4 is 15.2 Å². The van der Waals surface area contributed by atoms with E-state index in [-0.39, 0.29) is 6.54 Å². The Morgan fingerprint density at radius 3 is 2.67 bits per heavy atom. The molecule has 0 spiro atoms. The van der Waals surface area contributed by atoms with Gasteiger partial charge in [-0.05, 0) is 18.6 Å². The van der Waals surface area contributed by atoms with E-state index >= 15 is 0 Å². The molecule has 0 heterocycles. The highest BCUT2D eigenvalue weighted by Crippen LogP contribution is 2.19. The maximum atomic E-state index is 11.7. The molecule has 0 aliphatic heterocycles. The third kappa shape index (κ3) is 4.61. The highest BCUT2D eigenvalue weighted by Gasteiger charge is 2.16. The molecule has 1 rings (SSSR count). The molecule has 0 amide bonds. The van der Waals surface area contributed by atoms with Crippen LogP contribution in [0.15, 0.2) is 24.3 Å². The van der Waals surface area contributed by atoms with Crippen LogP contribution in [0.5, 0.6) is 0 Å². The number of nitrogens with two attached hydrogens (primary N) is 1. The number of ether oxygens (including phenoxy) is 1. The first-order valence-corrected chi connectivity index (χ1v) is 7.05. The Morgan fingerprint density at radius 2 is 2.06 bits per heavy atom. The molecular weight excluding hydrogens is 254 g/mol. The third-order valence-electron chi connectivity index (χ3n) is 2.39. The van der Waals surface area contributed by atoms with Crippen LogP contribution in [0.1, 0.15) is 18.5 Å². The van der Waals surface area contributed by atoms with Gasteiger partial charge in [0.2, 0.25) is 0 Å². The zero-order chi connectivity index (χ0) is 13.6. The summed E-state index contributed by atoms with van der Waals surface area (Å²) in [4.78, 5) is 0. The normalized spacial score (nSPS) is 13.4. The van der Waals surface area contributed by atoms with Crippen LogP contribution in [0.25, 0.3) is 0 Å². The number of anilines is 1. The number of para-hydroxylation sites is 1. The van der Waals surface area contributed by atoms with E-state index in [1.54, 1.807) is 25.1 Å². The molecule has 0 aliphatic carbocycles. The first kappa shape index (κ1) is 14.9. The predicted molar refractivity (Wildman–Crippen MR) is 71.2 cm³/mol. The van der Waals surface area contributed by atoms with E-state index < -0.39 is 16.3 Å². The summed E-state index contributed by atoms with van der Waals surface area (Å²) in [6.45, 7) is 2.28. The van der Waals surface area contributed by atoms with Gasteiger partial charge >= 0.3 is 0 Å². The number of benzene rings is 1. The van der Waals surface area contributed by atoms with Crippen LogP contribution >= 0.6 is 0 Å². The second-order valence-electron chi connectivity index (χ2n) is 3.86. The molecular formula is C11H19N3O3S. The van der Waals surface area contributed by atoms with Gasteiger partial charge in [-0.1, -0.05) is 18.2 Å². The quantitative estimate of drug-likeness (QED) is 0.495. The van der Waals surface area contributed by atoms with Gasteiger partial charge in [-0.15, -0.1) is 0 Å². The molecule has 18 heavy (non-hydrogen) atoms. The lowest BCUT2D eigenvalue weighted by molar-refractivity contribution is 0.204. The number of hydrogen-bond acceptors (Lipinski definition) is 4. The molecule has 0 aliphatic rings. The minimum atomic E-state index is -3.55. The lowest BCUT2D eigenvalue weighted by atomic mass is 10.1. The maximum Gasteiger partial charge on any atom is 0.277 e. The Bertz CT molecular complexity index is 476. The van der Waals surface area contributed by atoms with Gasteiger partial charge in [0.25, 0.3) is 10.2 Å². The van der Waals surface area contributed by atoms with E-state index in [0.717, 1.165) is 5.56 Å². The summed E-state index contributed by atoms with van der Waals surface area (Å²) in [5, 5.41) is 0. The number of hydrogen-bond donors (Lipinski definition) is 3. The third-order valence-corrected chi connectivity index (χ3v) is 3.64. The molecule has 1 aromatic rings. The average Bonchev–Trinajstić information content (AvgIpc) is 2.29. The number of nitrogen functional groups attached to an aromatic ring is 1. The molecule has 102 valence electrons. The van der Waals surface area contributed by atoms with Crippen molar-refractivity contribution >= 4 is 15.9 Å². The van der Waals surface area contributed by atoms with Crippen molar-refractivity contribution in [1.29, 1.82) is 0 Å². The van der Waals surface area contributed by atoms with E-state index in [1.165, 1.54) is 7.11 Å². The second-order valence-corrected chi connectivity index (χ2v) is 5.39. The van der Waals surface area contributed by atoms with Crippen molar-refractivity contribution in [3.05, 3.63) is 29.8 Å². The maximum absolute atomic E-state index is 11.7. The molecule has 1 aromatic carbocycles. The molecule has 4 N–H and O–H groups in total. The molecule has 0 aromatic heterocycles. The predicted octanol–water partition coefficient (Wildman–Crippen LogP) is 0.400. The van der Waals surface area contributed by atoms with Gasteiger partial charge in [0.05, 0.1) is 6.61 Å². The van der Waals surface area contributed by atoms with E-state index in [9.17, 15) is 8.42 Å². The molecule has 6 nitrogen and oxygen atoms in total. The summed E-state index contributed by atoms with van der Waals surface area (Å²) in [5.74, 6) is 0. The molecule has 1 atom stereocenters. The van der Waals surface area contributed by atoms with Gasteiger partial charge in [0.1, 0.15) is 0 Å². The standard InChI is InChI=1S/C11H19N3O3S/c1-9(10-5-3-4-6-11(10)12)14-18(15,16)13-7-8-17-2/h3-6,9,13-14H,7-8,12H2,1-2H3. The Labute approximate surface area is 108 Å². The lowest BCUT2D eigenvalue weighted by Gasteiger charge is -2.16. The molecule has 1 unspecified atom stereocenters. The minimum absolute atomic E-state index is 0.225. The number of rotatable bonds is 7. The second kappa shape index (κ2) is 6.69. The molecule has 0 fully saturated rings. The van der Waals surface area contributed by atoms with E-state index in [0.29, 0.717) is 12.3 Å². The molecule has 0 bridgehead atoms. The highest BCUT2D eigenvalue weighted by atomic mass is 32.2. The van der Waals surface area contributed by atoms with Crippen LogP contribution in [0.2, 0.25) is 0 Å². The Morgan fingerprint density at radius 1 is 1.39 bits per heavy atom. The number of nitrogens with one attached hydrogen (secondary N) is 2. The molecule has 0 saturated heterocycles. The average molecular weight is 273 g/mol. The molecule has 7 heteroatoms. The van der Waals surface area contributed by atoms with Crippen molar-refractivity contribution in [2.45, 2.75) is 13.0 Å². The molecule has 0 radical (unpaired) electrons. The molecule has 0 saturated carbocycles. The van der Waals surface area contributed by atoms with Crippen LogP contribution in [-0.2, 0) is 14.9 Å². The van der Waals surface area contributed by atoms with Gasteiger partial charge in [0.15, 0.2) is 0 Å². The van der Waals surface area contributed by atoms with Crippen LogP contribution in [0, 0.1) is 0 Å². The largest absolute Gasteiger partial charge is 0.398 e. The summed E-state index contributed by atoms with van der Waals surface area (Å²) in [6, 6.07) is 6.74. The van der Waals surface area contributed by atoms with Crippen molar-refractivity contribution in [3.8, 4) is 0 Å². The smallest absolute Gasteiger partial charge is 0.277 e. The van der Waals surface area contributed by atoms with Crippen LogP contribution in [0.4, 0.5) is 5.69 Å². The topological polar surface area (TPSA) is 93.4 Å². The SMILES string of the molecule is COCCNS(=O)(=O)NC(C)c1ccccc1N. The Balaban J connectivity index is 2.64. The summed E-state index contributed by atoms with van der Waals surface area (Å²) >= 11 is 0. The van der Waals surface area contributed by atoms with Gasteiger partial charge in [-0.25, -0.2) is 0 Å². The van der Waals surface area contributed by atoms with Crippen molar-refractivity contribution in [1.82, 2.24) is 9.44 Å².